The van der Waals surface area contributed by atoms with E-state index in [-0.39, 0.29) is 24.8 Å². The van der Waals surface area contributed by atoms with Gasteiger partial charge in [0.25, 0.3) is 0 Å². The van der Waals surface area contributed by atoms with Gasteiger partial charge in [0.15, 0.2) is 0 Å². The number of halogens is 2. The Balaban J connectivity index is 0. The van der Waals surface area contributed by atoms with Gasteiger partial charge in [-0.05, 0) is 25.9 Å². The van der Waals surface area contributed by atoms with Crippen molar-refractivity contribution in [1.82, 2.24) is 10.3 Å². The van der Waals surface area contributed by atoms with E-state index in [0.29, 0.717) is 0 Å². The highest BCUT2D eigenvalue weighted by molar-refractivity contribution is 5.85. The second-order valence-electron chi connectivity index (χ2n) is 2.50. The summed E-state index contributed by atoms with van der Waals surface area (Å²) in [4.78, 5) is 2.43. The topological polar surface area (TPSA) is 41.3 Å². The van der Waals surface area contributed by atoms with Crippen LogP contribution in [0.1, 0.15) is 12.8 Å². The molecule has 70 valence electrons. The lowest BCUT2D eigenvalue weighted by Crippen LogP contribution is -2.33. The fourth-order valence-corrected chi connectivity index (χ4v) is 1.23. The molecule has 5 heteroatoms. The lowest BCUT2D eigenvalue weighted by atomic mass is 10.4. The van der Waals surface area contributed by atoms with Crippen LogP contribution in [-0.2, 0) is 0 Å². The lowest BCUT2D eigenvalue weighted by Gasteiger charge is -2.12. The Morgan fingerprint density at radius 1 is 1.18 bits per heavy atom. The SMILES string of the molecule is Cl.Cl.NNCCN1CCCC1. The van der Waals surface area contributed by atoms with Gasteiger partial charge in [-0.3, -0.25) is 11.3 Å². The van der Waals surface area contributed by atoms with Crippen LogP contribution >= 0.6 is 24.8 Å². The highest BCUT2D eigenvalue weighted by Gasteiger charge is 2.09. The van der Waals surface area contributed by atoms with Crippen LogP contribution in [0.2, 0.25) is 0 Å². The Morgan fingerprint density at radius 3 is 2.18 bits per heavy atom. The van der Waals surface area contributed by atoms with Crippen molar-refractivity contribution >= 4 is 24.8 Å². The number of nitrogens with one attached hydrogen (secondary N) is 1. The molecule has 3 N–H and O–H groups in total. The summed E-state index contributed by atoms with van der Waals surface area (Å²) >= 11 is 0. The molecule has 1 heterocycles. The van der Waals surface area contributed by atoms with Crippen molar-refractivity contribution < 1.29 is 0 Å². The van der Waals surface area contributed by atoms with E-state index in [4.69, 9.17) is 5.84 Å². The van der Waals surface area contributed by atoms with Crippen molar-refractivity contribution in [3.8, 4) is 0 Å². The van der Waals surface area contributed by atoms with Gasteiger partial charge in [0.1, 0.15) is 0 Å². The first-order valence-electron chi connectivity index (χ1n) is 3.59. The van der Waals surface area contributed by atoms with Crippen LogP contribution in [-0.4, -0.2) is 31.1 Å². The van der Waals surface area contributed by atoms with Gasteiger partial charge >= 0.3 is 0 Å². The van der Waals surface area contributed by atoms with E-state index < -0.39 is 0 Å². The highest BCUT2D eigenvalue weighted by atomic mass is 35.5. The molecule has 0 amide bonds. The van der Waals surface area contributed by atoms with Gasteiger partial charge in [-0.1, -0.05) is 0 Å². The van der Waals surface area contributed by atoms with Gasteiger partial charge in [-0.15, -0.1) is 24.8 Å². The molecule has 0 aromatic rings. The zero-order valence-electron chi connectivity index (χ0n) is 6.58. The largest absolute Gasteiger partial charge is 0.302 e. The van der Waals surface area contributed by atoms with E-state index in [0.717, 1.165) is 13.1 Å². The van der Waals surface area contributed by atoms with Crippen molar-refractivity contribution in [3.63, 3.8) is 0 Å². The first-order chi connectivity index (χ1) is 4.43. The molecule has 1 fully saturated rings. The van der Waals surface area contributed by atoms with E-state index in [1.807, 2.05) is 0 Å². The van der Waals surface area contributed by atoms with Crippen LogP contribution in [0.3, 0.4) is 0 Å². The third kappa shape index (κ3) is 5.70. The van der Waals surface area contributed by atoms with Gasteiger partial charge in [0, 0.05) is 13.1 Å². The van der Waals surface area contributed by atoms with Crippen molar-refractivity contribution in [2.75, 3.05) is 26.2 Å². The van der Waals surface area contributed by atoms with Crippen LogP contribution in [0.5, 0.6) is 0 Å². The highest BCUT2D eigenvalue weighted by Crippen LogP contribution is 2.04. The van der Waals surface area contributed by atoms with Gasteiger partial charge in [-0.25, -0.2) is 0 Å². The van der Waals surface area contributed by atoms with Crippen molar-refractivity contribution in [1.29, 1.82) is 0 Å². The van der Waals surface area contributed by atoms with Crippen molar-refractivity contribution in [2.45, 2.75) is 12.8 Å². The van der Waals surface area contributed by atoms with Crippen LogP contribution in [0, 0.1) is 0 Å². The summed E-state index contributed by atoms with van der Waals surface area (Å²) in [5.74, 6) is 5.13. The number of hydrogen-bond donors (Lipinski definition) is 2. The molecule has 0 aromatic carbocycles. The van der Waals surface area contributed by atoms with Crippen LogP contribution in [0.15, 0.2) is 0 Å². The number of likely N-dealkylation sites (tertiary alicyclic amines) is 1. The minimum atomic E-state index is 0. The molecule has 0 saturated carbocycles. The smallest absolute Gasteiger partial charge is 0.0225 e. The molecule has 1 saturated heterocycles. The molecule has 0 radical (unpaired) electrons. The van der Waals surface area contributed by atoms with Crippen LogP contribution in [0.4, 0.5) is 0 Å². The third-order valence-electron chi connectivity index (χ3n) is 1.77. The molecule has 0 bridgehead atoms. The summed E-state index contributed by atoms with van der Waals surface area (Å²) in [5.41, 5.74) is 2.65. The second-order valence-corrected chi connectivity index (χ2v) is 2.50. The Morgan fingerprint density at radius 2 is 1.73 bits per heavy atom. The van der Waals surface area contributed by atoms with E-state index in [2.05, 4.69) is 10.3 Å². The van der Waals surface area contributed by atoms with Gasteiger partial charge in [0.05, 0.1) is 0 Å². The predicted molar refractivity (Wildman–Crippen MR) is 52.4 cm³/mol. The molecule has 0 aromatic heterocycles. The monoisotopic (exact) mass is 201 g/mol. The molecular formula is C6H17Cl2N3. The van der Waals surface area contributed by atoms with Gasteiger partial charge in [0.2, 0.25) is 0 Å². The number of nitrogens with zero attached hydrogens (tertiary/aromatic N) is 1. The Kier molecular flexibility index (Phi) is 10.9. The van der Waals surface area contributed by atoms with E-state index in [1.54, 1.807) is 0 Å². The Hall–Kier alpha value is 0.460. The molecule has 1 rings (SSSR count). The zero-order chi connectivity index (χ0) is 6.53. The number of rotatable bonds is 3. The predicted octanol–water partition coefficient (Wildman–Crippen LogP) is 0.389. The second kappa shape index (κ2) is 8.56. The summed E-state index contributed by atoms with van der Waals surface area (Å²) in [6.45, 7) is 4.56. The lowest BCUT2D eigenvalue weighted by molar-refractivity contribution is 0.337. The first kappa shape index (κ1) is 14.0. The fourth-order valence-electron chi connectivity index (χ4n) is 1.23. The summed E-state index contributed by atoms with van der Waals surface area (Å²) in [6.07, 6.45) is 2.73. The standard InChI is InChI=1S/C6H15N3.2ClH/c7-8-3-6-9-4-1-2-5-9;;/h8H,1-7H2;2*1H. The summed E-state index contributed by atoms with van der Waals surface area (Å²) in [5, 5.41) is 0. The molecule has 0 aliphatic carbocycles. The fraction of sp³-hybridized carbons (Fsp3) is 1.00. The average molecular weight is 202 g/mol. The maximum atomic E-state index is 5.13. The molecule has 3 nitrogen and oxygen atoms in total. The number of hydrazine groups is 1. The number of hydrogen-bond acceptors (Lipinski definition) is 3. The first-order valence-corrected chi connectivity index (χ1v) is 3.59. The summed E-state index contributed by atoms with van der Waals surface area (Å²) < 4.78 is 0. The Bertz CT molecular complexity index is 76.2. The average Bonchev–Trinajstić information content (AvgIpc) is 2.34. The van der Waals surface area contributed by atoms with Crippen LogP contribution in [0.25, 0.3) is 0 Å². The zero-order valence-corrected chi connectivity index (χ0v) is 8.22. The third-order valence-corrected chi connectivity index (χ3v) is 1.77. The van der Waals surface area contributed by atoms with Crippen molar-refractivity contribution in [2.24, 2.45) is 5.84 Å². The molecule has 1 aliphatic heterocycles. The maximum Gasteiger partial charge on any atom is 0.0225 e. The molecule has 0 unspecified atom stereocenters. The maximum absolute atomic E-state index is 5.13. The summed E-state index contributed by atoms with van der Waals surface area (Å²) in [6, 6.07) is 0. The molecule has 0 spiro atoms. The minimum Gasteiger partial charge on any atom is -0.302 e. The van der Waals surface area contributed by atoms with Gasteiger partial charge in [-0.2, -0.15) is 0 Å². The number of nitrogens with two attached hydrogens (primary N) is 1. The van der Waals surface area contributed by atoms with E-state index >= 15 is 0 Å². The van der Waals surface area contributed by atoms with Crippen LogP contribution < -0.4 is 11.3 Å². The Labute approximate surface area is 80.5 Å². The quantitative estimate of drug-likeness (QED) is 0.513. The molecular weight excluding hydrogens is 185 g/mol. The van der Waals surface area contributed by atoms with Crippen molar-refractivity contribution in [3.05, 3.63) is 0 Å². The van der Waals surface area contributed by atoms with Gasteiger partial charge < -0.3 is 4.90 Å². The molecule has 1 aliphatic rings. The summed E-state index contributed by atoms with van der Waals surface area (Å²) in [7, 11) is 0. The molecule has 0 atom stereocenters. The van der Waals surface area contributed by atoms with E-state index in [1.165, 1.54) is 25.9 Å². The molecule has 11 heavy (non-hydrogen) atoms. The normalized spacial score (nSPS) is 17.2. The minimum absolute atomic E-state index is 0. The van der Waals surface area contributed by atoms with E-state index in [9.17, 15) is 0 Å².